The molecule has 32 heavy (non-hydrogen) atoms. The van der Waals surface area contributed by atoms with Gasteiger partial charge in [0.05, 0.1) is 17.6 Å². The number of anilines is 1. The number of carbonyl (C=O) groups is 1. The van der Waals surface area contributed by atoms with Gasteiger partial charge in [-0.05, 0) is 38.0 Å². The number of Topliss-reactive ketones (excluding diaryl/α,β-unsaturated/α-hetero) is 1. The molecular formula is C25H30N4O2S. The Balaban J connectivity index is 0.00000141. The molecule has 0 bridgehead atoms. The Bertz CT molecular complexity index is 1090. The highest BCUT2D eigenvalue weighted by Gasteiger charge is 2.29. The molecule has 0 aliphatic carbocycles. The summed E-state index contributed by atoms with van der Waals surface area (Å²) in [5.41, 5.74) is 9.50. The maximum Gasteiger partial charge on any atom is 0.187 e. The number of rotatable bonds is 6. The number of nitrogens with two attached hydrogens (primary N) is 1. The number of amidine groups is 1. The minimum absolute atomic E-state index is 0.0689. The zero-order valence-corrected chi connectivity index (χ0v) is 19.8. The van der Waals surface area contributed by atoms with Gasteiger partial charge in [0.25, 0.3) is 0 Å². The van der Waals surface area contributed by atoms with E-state index >= 15 is 0 Å². The smallest absolute Gasteiger partial charge is 0.187 e. The van der Waals surface area contributed by atoms with Crippen LogP contribution in [0.2, 0.25) is 0 Å². The standard InChI is InChI=1S/C23H24N4O2S.C2H6/c1-15-20(21(27-29-15)16-7-4-3-5-8-16)19(28)14-25-18-10-6-9-17(13-18)23(2)11-12-30-22(24)26-23;1-2/h3-10,13,25H,11-12,14H2,1-2H3,(H2,24,26);1-2H3. The van der Waals surface area contributed by atoms with Gasteiger partial charge in [-0.15, -0.1) is 0 Å². The Kier molecular flexibility index (Phi) is 7.75. The summed E-state index contributed by atoms with van der Waals surface area (Å²) in [6.45, 7) is 8.00. The fourth-order valence-electron chi connectivity index (χ4n) is 3.62. The minimum atomic E-state index is -0.345. The van der Waals surface area contributed by atoms with Gasteiger partial charge in [-0.3, -0.25) is 9.79 Å². The molecule has 0 radical (unpaired) electrons. The average Bonchev–Trinajstić information content (AvgIpc) is 3.21. The maximum atomic E-state index is 13.0. The number of hydrogen-bond acceptors (Lipinski definition) is 7. The molecular weight excluding hydrogens is 420 g/mol. The molecule has 3 N–H and O–H groups in total. The highest BCUT2D eigenvalue weighted by atomic mass is 32.2. The summed E-state index contributed by atoms with van der Waals surface area (Å²) >= 11 is 1.59. The minimum Gasteiger partial charge on any atom is -0.379 e. The first-order chi connectivity index (χ1) is 15.5. The van der Waals surface area contributed by atoms with Gasteiger partial charge in [0.2, 0.25) is 0 Å². The van der Waals surface area contributed by atoms with Gasteiger partial charge in [0.15, 0.2) is 11.0 Å². The van der Waals surface area contributed by atoms with Gasteiger partial charge in [0.1, 0.15) is 11.5 Å². The van der Waals surface area contributed by atoms with Crippen molar-refractivity contribution in [2.75, 3.05) is 17.6 Å². The van der Waals surface area contributed by atoms with Crippen molar-refractivity contribution in [3.05, 3.63) is 71.5 Å². The fourth-order valence-corrected chi connectivity index (χ4v) is 4.60. The molecule has 0 fully saturated rings. The Hall–Kier alpha value is -3.06. The quantitative estimate of drug-likeness (QED) is 0.472. The lowest BCUT2D eigenvalue weighted by Gasteiger charge is -2.30. The van der Waals surface area contributed by atoms with Crippen molar-refractivity contribution >= 4 is 28.4 Å². The Labute approximate surface area is 193 Å². The summed E-state index contributed by atoms with van der Waals surface area (Å²) in [5, 5.41) is 7.96. The van der Waals surface area contributed by atoms with Crippen LogP contribution >= 0.6 is 11.8 Å². The number of aromatic nitrogens is 1. The SMILES string of the molecule is CC.Cc1onc(-c2ccccc2)c1C(=O)CNc1cccc(C2(C)CCSC(N)=N2)c1. The molecule has 2 heterocycles. The molecule has 0 saturated heterocycles. The largest absolute Gasteiger partial charge is 0.379 e. The van der Waals surface area contributed by atoms with Crippen molar-refractivity contribution in [1.82, 2.24) is 5.16 Å². The van der Waals surface area contributed by atoms with Gasteiger partial charge < -0.3 is 15.6 Å². The number of aryl methyl sites for hydroxylation is 1. The number of thioether (sulfide) groups is 1. The van der Waals surface area contributed by atoms with Crippen molar-refractivity contribution in [1.29, 1.82) is 0 Å². The Morgan fingerprint density at radius 2 is 1.94 bits per heavy atom. The maximum absolute atomic E-state index is 13.0. The molecule has 1 unspecified atom stereocenters. The number of hydrogen-bond donors (Lipinski definition) is 2. The molecule has 4 rings (SSSR count). The summed E-state index contributed by atoms with van der Waals surface area (Å²) in [7, 11) is 0. The summed E-state index contributed by atoms with van der Waals surface area (Å²) in [4.78, 5) is 17.6. The van der Waals surface area contributed by atoms with E-state index < -0.39 is 0 Å². The molecule has 1 aromatic heterocycles. The molecule has 1 atom stereocenters. The van der Waals surface area contributed by atoms with Crippen LogP contribution in [0.15, 0.2) is 64.1 Å². The third-order valence-electron chi connectivity index (χ3n) is 5.32. The summed E-state index contributed by atoms with van der Waals surface area (Å²) in [5.74, 6) is 1.39. The second kappa shape index (κ2) is 10.5. The first-order valence-electron chi connectivity index (χ1n) is 10.8. The number of ketones is 1. The van der Waals surface area contributed by atoms with E-state index in [4.69, 9.17) is 10.3 Å². The number of carbonyl (C=O) groups excluding carboxylic acids is 1. The van der Waals surface area contributed by atoms with Crippen LogP contribution in [0.3, 0.4) is 0 Å². The molecule has 3 aromatic rings. The number of nitrogens with one attached hydrogen (secondary N) is 1. The zero-order valence-electron chi connectivity index (χ0n) is 19.0. The van der Waals surface area contributed by atoms with Crippen molar-refractivity contribution in [3.63, 3.8) is 0 Å². The molecule has 0 saturated carbocycles. The highest BCUT2D eigenvalue weighted by Crippen LogP contribution is 2.36. The fraction of sp³-hybridized carbons (Fsp3) is 0.320. The van der Waals surface area contributed by atoms with Crippen LogP contribution in [0.1, 0.15) is 48.9 Å². The molecule has 2 aromatic carbocycles. The van der Waals surface area contributed by atoms with E-state index in [2.05, 4.69) is 28.5 Å². The first-order valence-corrected chi connectivity index (χ1v) is 11.8. The number of benzene rings is 2. The lowest BCUT2D eigenvalue weighted by atomic mass is 9.89. The van der Waals surface area contributed by atoms with Crippen LogP contribution in [0, 0.1) is 6.92 Å². The van der Waals surface area contributed by atoms with Crippen LogP contribution < -0.4 is 11.1 Å². The van der Waals surface area contributed by atoms with E-state index in [1.54, 1.807) is 18.7 Å². The van der Waals surface area contributed by atoms with Crippen LogP contribution in [0.4, 0.5) is 5.69 Å². The summed E-state index contributed by atoms with van der Waals surface area (Å²) in [6, 6.07) is 17.6. The van der Waals surface area contributed by atoms with E-state index in [9.17, 15) is 4.79 Å². The topological polar surface area (TPSA) is 93.5 Å². The van der Waals surface area contributed by atoms with Gasteiger partial charge in [0, 0.05) is 17.0 Å². The van der Waals surface area contributed by atoms with Gasteiger partial charge in [-0.25, -0.2) is 0 Å². The van der Waals surface area contributed by atoms with Crippen LogP contribution in [-0.2, 0) is 5.54 Å². The third-order valence-corrected chi connectivity index (χ3v) is 6.12. The van der Waals surface area contributed by atoms with E-state index in [1.165, 1.54) is 0 Å². The molecule has 7 heteroatoms. The molecule has 0 amide bonds. The number of aliphatic imine (C=N–C) groups is 1. The second-order valence-electron chi connectivity index (χ2n) is 7.51. The van der Waals surface area contributed by atoms with Crippen LogP contribution in [-0.4, -0.2) is 28.4 Å². The number of nitrogens with zero attached hydrogens (tertiary/aromatic N) is 2. The molecule has 0 spiro atoms. The predicted octanol–water partition coefficient (Wildman–Crippen LogP) is 5.64. The average molecular weight is 451 g/mol. The van der Waals surface area contributed by atoms with Crippen LogP contribution in [0.5, 0.6) is 0 Å². The van der Waals surface area contributed by atoms with Crippen molar-refractivity contribution < 1.29 is 9.32 Å². The lowest BCUT2D eigenvalue weighted by molar-refractivity contribution is 0.100. The first kappa shape index (κ1) is 23.6. The van der Waals surface area contributed by atoms with Gasteiger partial charge in [-0.1, -0.05) is 73.2 Å². The van der Waals surface area contributed by atoms with Crippen molar-refractivity contribution in [3.8, 4) is 11.3 Å². The summed E-state index contributed by atoms with van der Waals surface area (Å²) in [6.07, 6.45) is 0.918. The van der Waals surface area contributed by atoms with E-state index in [1.807, 2.05) is 62.4 Å². The van der Waals surface area contributed by atoms with E-state index in [0.29, 0.717) is 22.2 Å². The Morgan fingerprint density at radius 1 is 1.19 bits per heavy atom. The zero-order chi connectivity index (χ0) is 23.1. The normalized spacial score (nSPS) is 17.7. The monoisotopic (exact) mass is 450 g/mol. The molecule has 168 valence electrons. The highest BCUT2D eigenvalue weighted by molar-refractivity contribution is 8.13. The van der Waals surface area contributed by atoms with Crippen LogP contribution in [0.25, 0.3) is 11.3 Å². The van der Waals surface area contributed by atoms with Crippen molar-refractivity contribution in [2.24, 2.45) is 10.7 Å². The summed E-state index contributed by atoms with van der Waals surface area (Å²) < 4.78 is 5.32. The molecule has 1 aliphatic heterocycles. The third kappa shape index (κ3) is 5.22. The van der Waals surface area contributed by atoms with E-state index in [-0.39, 0.29) is 17.9 Å². The predicted molar refractivity (Wildman–Crippen MR) is 133 cm³/mol. The molecule has 1 aliphatic rings. The Morgan fingerprint density at radius 3 is 2.66 bits per heavy atom. The van der Waals surface area contributed by atoms with Gasteiger partial charge in [-0.2, -0.15) is 0 Å². The van der Waals surface area contributed by atoms with E-state index in [0.717, 1.165) is 29.0 Å². The van der Waals surface area contributed by atoms with Gasteiger partial charge >= 0.3 is 0 Å². The second-order valence-corrected chi connectivity index (χ2v) is 8.62. The lowest BCUT2D eigenvalue weighted by Crippen LogP contribution is -2.28. The van der Waals surface area contributed by atoms with Crippen molar-refractivity contribution in [2.45, 2.75) is 39.7 Å². The molecule has 6 nitrogen and oxygen atoms in total.